The van der Waals surface area contributed by atoms with Crippen LogP contribution in [0.25, 0.3) is 5.76 Å². The van der Waals surface area contributed by atoms with Gasteiger partial charge in [0.05, 0.1) is 16.5 Å². The van der Waals surface area contributed by atoms with E-state index in [0.29, 0.717) is 22.7 Å². The molecule has 2 aromatic carbocycles. The molecule has 0 aliphatic carbocycles. The van der Waals surface area contributed by atoms with Crippen molar-refractivity contribution < 1.29 is 19.6 Å². The number of nitro benzene ring substituents is 1. The van der Waals surface area contributed by atoms with Crippen molar-refractivity contribution in [3.8, 4) is 0 Å². The van der Waals surface area contributed by atoms with E-state index in [-0.39, 0.29) is 17.0 Å². The standard InChI is InChI=1S/C33H43ClN2O5/c1-2-3-4-5-6-7-8-9-10-11-12-13-14-15-24-35-30(25-18-22-28(23-19-25)36(40)41)29(32(38)33(35)39)31(37)26-16-20-27(34)21-17-26/h16-23,30,37H,2-15,24H2,1H3/b31-29+/t30-/m0/s1. The van der Waals surface area contributed by atoms with Gasteiger partial charge in [0, 0.05) is 29.3 Å². The molecule has 8 heteroatoms. The van der Waals surface area contributed by atoms with Gasteiger partial charge in [-0.25, -0.2) is 0 Å². The van der Waals surface area contributed by atoms with Crippen LogP contribution in [-0.2, 0) is 9.59 Å². The molecule has 7 nitrogen and oxygen atoms in total. The summed E-state index contributed by atoms with van der Waals surface area (Å²) in [6.07, 6.45) is 17.0. The van der Waals surface area contributed by atoms with Crippen LogP contribution in [0.1, 0.15) is 114 Å². The van der Waals surface area contributed by atoms with Gasteiger partial charge in [0.15, 0.2) is 0 Å². The number of Topliss-reactive ketones (excluding diaryl/α,β-unsaturated/α-hetero) is 1. The molecule has 1 amide bonds. The quantitative estimate of drug-likeness (QED) is 0.0471. The highest BCUT2D eigenvalue weighted by molar-refractivity contribution is 6.46. The van der Waals surface area contributed by atoms with Gasteiger partial charge >= 0.3 is 0 Å². The molecule has 0 spiro atoms. The van der Waals surface area contributed by atoms with Gasteiger partial charge in [-0.15, -0.1) is 0 Å². The number of carbonyl (C=O) groups excluding carboxylic acids is 2. The minimum Gasteiger partial charge on any atom is -0.507 e. The lowest BCUT2D eigenvalue weighted by Gasteiger charge is -2.25. The van der Waals surface area contributed by atoms with Crippen LogP contribution < -0.4 is 0 Å². The van der Waals surface area contributed by atoms with E-state index in [1.807, 2.05) is 0 Å². The van der Waals surface area contributed by atoms with Crippen molar-refractivity contribution in [1.29, 1.82) is 0 Å². The van der Waals surface area contributed by atoms with Crippen LogP contribution in [0.4, 0.5) is 5.69 Å². The SMILES string of the molecule is CCCCCCCCCCCCCCCCN1C(=O)C(=O)/C(=C(/O)c2ccc(Cl)cc2)[C@@H]1c1ccc([N+](=O)[O-])cc1. The number of rotatable bonds is 18. The predicted molar refractivity (Wildman–Crippen MR) is 164 cm³/mol. The number of carbonyl (C=O) groups is 2. The molecular weight excluding hydrogens is 540 g/mol. The van der Waals surface area contributed by atoms with Crippen LogP contribution in [0.15, 0.2) is 54.1 Å². The first-order valence-corrected chi connectivity index (χ1v) is 15.5. The summed E-state index contributed by atoms with van der Waals surface area (Å²) in [5, 5.41) is 22.8. The average molecular weight is 583 g/mol. The zero-order valence-electron chi connectivity index (χ0n) is 24.2. The van der Waals surface area contributed by atoms with Crippen LogP contribution in [0.3, 0.4) is 0 Å². The predicted octanol–water partition coefficient (Wildman–Crippen LogP) is 9.15. The number of aliphatic hydroxyl groups excluding tert-OH is 1. The molecule has 222 valence electrons. The van der Waals surface area contributed by atoms with Gasteiger partial charge in [0.1, 0.15) is 5.76 Å². The van der Waals surface area contributed by atoms with Gasteiger partial charge in [-0.05, 0) is 48.4 Å². The molecule has 0 saturated carbocycles. The Kier molecular flexibility index (Phi) is 13.3. The molecule has 3 rings (SSSR count). The van der Waals surface area contributed by atoms with Crippen molar-refractivity contribution >= 4 is 34.7 Å². The van der Waals surface area contributed by atoms with Crippen molar-refractivity contribution in [3.05, 3.63) is 80.4 Å². The van der Waals surface area contributed by atoms with Crippen LogP contribution in [-0.4, -0.2) is 33.2 Å². The lowest BCUT2D eigenvalue weighted by molar-refractivity contribution is -0.384. The fraction of sp³-hybridized carbons (Fsp3) is 0.515. The Morgan fingerprint density at radius 2 is 1.29 bits per heavy atom. The molecule has 1 atom stereocenters. The van der Waals surface area contributed by atoms with E-state index in [2.05, 4.69) is 6.92 Å². The number of likely N-dealkylation sites (tertiary alicyclic amines) is 1. The normalized spacial score (nSPS) is 16.4. The maximum absolute atomic E-state index is 13.2. The minimum absolute atomic E-state index is 0.0171. The van der Waals surface area contributed by atoms with Gasteiger partial charge in [0.2, 0.25) is 0 Å². The fourth-order valence-corrected chi connectivity index (χ4v) is 5.60. The molecule has 0 radical (unpaired) electrons. The number of non-ortho nitro benzene ring substituents is 1. The van der Waals surface area contributed by atoms with E-state index >= 15 is 0 Å². The summed E-state index contributed by atoms with van der Waals surface area (Å²) >= 11 is 5.98. The summed E-state index contributed by atoms with van der Waals surface area (Å²) in [6.45, 7) is 2.61. The highest BCUT2D eigenvalue weighted by atomic mass is 35.5. The van der Waals surface area contributed by atoms with Gasteiger partial charge in [0.25, 0.3) is 17.4 Å². The molecule has 1 aliphatic heterocycles. The van der Waals surface area contributed by atoms with E-state index in [1.54, 1.807) is 36.4 Å². The first-order chi connectivity index (χ1) is 19.8. The Hall–Kier alpha value is -3.19. The maximum atomic E-state index is 13.2. The molecule has 0 aromatic heterocycles. The number of nitrogens with zero attached hydrogens (tertiary/aromatic N) is 2. The second-order valence-electron chi connectivity index (χ2n) is 10.9. The molecule has 0 bridgehead atoms. The second kappa shape index (κ2) is 16.9. The second-order valence-corrected chi connectivity index (χ2v) is 11.4. The maximum Gasteiger partial charge on any atom is 0.295 e. The first-order valence-electron chi connectivity index (χ1n) is 15.1. The highest BCUT2D eigenvalue weighted by Crippen LogP contribution is 2.40. The van der Waals surface area contributed by atoms with Crippen LogP contribution in [0.2, 0.25) is 5.02 Å². The highest BCUT2D eigenvalue weighted by Gasteiger charge is 2.45. The Morgan fingerprint density at radius 1 is 0.805 bits per heavy atom. The van der Waals surface area contributed by atoms with Crippen LogP contribution in [0, 0.1) is 10.1 Å². The number of benzene rings is 2. The molecular formula is C33H43ClN2O5. The lowest BCUT2D eigenvalue weighted by Crippen LogP contribution is -2.30. The third-order valence-corrected chi connectivity index (χ3v) is 8.08. The van der Waals surface area contributed by atoms with Crippen molar-refractivity contribution in [2.24, 2.45) is 0 Å². The molecule has 1 N–H and O–H groups in total. The Labute approximate surface area is 248 Å². The number of hydrogen-bond donors (Lipinski definition) is 1. The van der Waals surface area contributed by atoms with Crippen molar-refractivity contribution in [1.82, 2.24) is 4.90 Å². The Balaban J connectivity index is 1.58. The Bertz CT molecular complexity index is 1180. The molecule has 1 fully saturated rings. The van der Waals surface area contributed by atoms with E-state index in [4.69, 9.17) is 11.6 Å². The van der Waals surface area contributed by atoms with Gasteiger partial charge in [-0.3, -0.25) is 19.7 Å². The summed E-state index contributed by atoms with van der Waals surface area (Å²) in [6, 6.07) is 11.3. The van der Waals surface area contributed by atoms with Crippen molar-refractivity contribution in [3.63, 3.8) is 0 Å². The number of unbranched alkanes of at least 4 members (excludes halogenated alkanes) is 13. The molecule has 41 heavy (non-hydrogen) atoms. The lowest BCUT2D eigenvalue weighted by atomic mass is 9.95. The fourth-order valence-electron chi connectivity index (χ4n) is 5.48. The number of aliphatic hydroxyl groups is 1. The monoisotopic (exact) mass is 582 g/mol. The average Bonchev–Trinajstić information content (AvgIpc) is 3.22. The largest absolute Gasteiger partial charge is 0.507 e. The van der Waals surface area contributed by atoms with E-state index in [0.717, 1.165) is 25.7 Å². The third kappa shape index (κ3) is 9.42. The number of ketones is 1. The van der Waals surface area contributed by atoms with Gasteiger partial charge in [-0.2, -0.15) is 0 Å². The van der Waals surface area contributed by atoms with E-state index in [9.17, 15) is 24.8 Å². The van der Waals surface area contributed by atoms with Crippen LogP contribution in [0.5, 0.6) is 0 Å². The number of nitro groups is 1. The van der Waals surface area contributed by atoms with Gasteiger partial charge < -0.3 is 10.0 Å². The van der Waals surface area contributed by atoms with E-state index < -0.39 is 22.7 Å². The van der Waals surface area contributed by atoms with Crippen LogP contribution >= 0.6 is 11.6 Å². The number of amides is 1. The van der Waals surface area contributed by atoms with Crippen molar-refractivity contribution in [2.45, 2.75) is 103 Å². The zero-order valence-corrected chi connectivity index (χ0v) is 24.9. The summed E-state index contributed by atoms with van der Waals surface area (Å²) in [4.78, 5) is 38.5. The first kappa shape index (κ1) is 32.3. The van der Waals surface area contributed by atoms with E-state index in [1.165, 1.54) is 81.2 Å². The minimum atomic E-state index is -0.826. The number of hydrogen-bond acceptors (Lipinski definition) is 5. The molecule has 1 aliphatic rings. The molecule has 1 saturated heterocycles. The molecule has 1 heterocycles. The van der Waals surface area contributed by atoms with Gasteiger partial charge in [-0.1, -0.05) is 102 Å². The van der Waals surface area contributed by atoms with Crippen molar-refractivity contribution in [2.75, 3.05) is 6.54 Å². The number of halogens is 1. The topological polar surface area (TPSA) is 101 Å². The molecule has 0 unspecified atom stereocenters. The third-order valence-electron chi connectivity index (χ3n) is 7.83. The summed E-state index contributed by atoms with van der Waals surface area (Å²) < 4.78 is 0. The zero-order chi connectivity index (χ0) is 29.6. The smallest absolute Gasteiger partial charge is 0.295 e. The summed E-state index contributed by atoms with van der Waals surface area (Å²) in [7, 11) is 0. The Morgan fingerprint density at radius 3 is 1.78 bits per heavy atom. The summed E-state index contributed by atoms with van der Waals surface area (Å²) in [5.74, 6) is -1.71. The molecule has 2 aromatic rings. The summed E-state index contributed by atoms with van der Waals surface area (Å²) in [5.41, 5.74) is 0.804.